The molecular weight excluding hydrogens is 240 g/mol. The van der Waals surface area contributed by atoms with Gasteiger partial charge in [0, 0.05) is 44.1 Å². The fourth-order valence-electron chi connectivity index (χ4n) is 2.41. The summed E-state index contributed by atoms with van der Waals surface area (Å²) in [5, 5.41) is 6.45. The summed E-state index contributed by atoms with van der Waals surface area (Å²) < 4.78 is 26.5. The Labute approximate surface area is 104 Å². The van der Waals surface area contributed by atoms with Crippen molar-refractivity contribution in [1.82, 2.24) is 15.1 Å². The maximum Gasteiger partial charge on any atom is 0.248 e. The lowest BCUT2D eigenvalue weighted by atomic mass is 9.85. The standard InChI is InChI=1S/C12H17F2N3O/c1-17(8-9-6-15-16-7-9)11(18)10-3-2-4-12(13,14)5-10/h6-7,10H,2-5,8H2,1H3,(H,15,16). The van der Waals surface area contributed by atoms with Gasteiger partial charge in [-0.25, -0.2) is 8.78 Å². The lowest BCUT2D eigenvalue weighted by Crippen LogP contribution is -2.38. The lowest BCUT2D eigenvalue weighted by Gasteiger charge is -2.30. The molecule has 0 aromatic carbocycles. The van der Waals surface area contributed by atoms with E-state index in [2.05, 4.69) is 10.2 Å². The number of H-pyrrole nitrogens is 1. The Morgan fingerprint density at radius 2 is 2.44 bits per heavy atom. The van der Waals surface area contributed by atoms with Crippen LogP contribution in [0.1, 0.15) is 31.2 Å². The lowest BCUT2D eigenvalue weighted by molar-refractivity contribution is -0.141. The van der Waals surface area contributed by atoms with Crippen LogP contribution in [0.5, 0.6) is 0 Å². The van der Waals surface area contributed by atoms with E-state index in [1.165, 1.54) is 4.90 Å². The highest BCUT2D eigenvalue weighted by atomic mass is 19.3. The molecule has 1 atom stereocenters. The normalized spacial score (nSPS) is 22.7. The molecule has 1 heterocycles. The van der Waals surface area contributed by atoms with Crippen LogP contribution in [0, 0.1) is 5.92 Å². The summed E-state index contributed by atoms with van der Waals surface area (Å²) in [7, 11) is 1.64. The van der Waals surface area contributed by atoms with Gasteiger partial charge in [-0.1, -0.05) is 0 Å². The van der Waals surface area contributed by atoms with Gasteiger partial charge in [0.05, 0.1) is 6.20 Å². The van der Waals surface area contributed by atoms with Crippen LogP contribution in [0.25, 0.3) is 0 Å². The summed E-state index contributed by atoms with van der Waals surface area (Å²) in [6, 6.07) is 0. The highest BCUT2D eigenvalue weighted by Gasteiger charge is 2.39. The molecule has 100 valence electrons. The van der Waals surface area contributed by atoms with E-state index in [1.54, 1.807) is 19.4 Å². The van der Waals surface area contributed by atoms with Crippen LogP contribution < -0.4 is 0 Å². The molecule has 4 nitrogen and oxygen atoms in total. The van der Waals surface area contributed by atoms with Crippen molar-refractivity contribution in [3.05, 3.63) is 18.0 Å². The minimum atomic E-state index is -2.69. The first-order valence-corrected chi connectivity index (χ1v) is 6.08. The van der Waals surface area contributed by atoms with E-state index in [-0.39, 0.29) is 18.7 Å². The van der Waals surface area contributed by atoms with Gasteiger partial charge in [0.2, 0.25) is 11.8 Å². The third kappa shape index (κ3) is 3.05. The minimum Gasteiger partial charge on any atom is -0.341 e. The molecule has 1 unspecified atom stereocenters. The highest BCUT2D eigenvalue weighted by Crippen LogP contribution is 2.37. The Morgan fingerprint density at radius 1 is 1.67 bits per heavy atom. The van der Waals surface area contributed by atoms with Gasteiger partial charge < -0.3 is 4.90 Å². The average molecular weight is 257 g/mol. The van der Waals surface area contributed by atoms with Crippen molar-refractivity contribution in [2.75, 3.05) is 7.05 Å². The zero-order valence-corrected chi connectivity index (χ0v) is 10.3. The number of carbonyl (C=O) groups is 1. The van der Waals surface area contributed by atoms with Crippen molar-refractivity contribution in [3.8, 4) is 0 Å². The monoisotopic (exact) mass is 257 g/mol. The molecule has 1 aromatic rings. The molecule has 0 radical (unpaired) electrons. The molecule has 1 saturated carbocycles. The van der Waals surface area contributed by atoms with E-state index in [0.29, 0.717) is 19.4 Å². The summed E-state index contributed by atoms with van der Waals surface area (Å²) in [5.74, 6) is -3.43. The van der Waals surface area contributed by atoms with Gasteiger partial charge in [0.25, 0.3) is 0 Å². The second kappa shape index (κ2) is 5.04. The zero-order chi connectivity index (χ0) is 13.2. The summed E-state index contributed by atoms with van der Waals surface area (Å²) in [6.07, 6.45) is 3.88. The predicted octanol–water partition coefficient (Wildman–Crippen LogP) is 2.19. The molecule has 1 amide bonds. The van der Waals surface area contributed by atoms with Crippen LogP contribution in [-0.4, -0.2) is 34.0 Å². The second-order valence-electron chi connectivity index (χ2n) is 4.95. The quantitative estimate of drug-likeness (QED) is 0.902. The Kier molecular flexibility index (Phi) is 3.63. The summed E-state index contributed by atoms with van der Waals surface area (Å²) in [5.41, 5.74) is 0.869. The first-order chi connectivity index (χ1) is 8.48. The Bertz CT molecular complexity index is 405. The third-order valence-electron chi connectivity index (χ3n) is 3.34. The number of aromatic nitrogens is 2. The van der Waals surface area contributed by atoms with Crippen LogP contribution in [0.3, 0.4) is 0 Å². The summed E-state index contributed by atoms with van der Waals surface area (Å²) in [4.78, 5) is 13.6. The number of nitrogens with one attached hydrogen (secondary N) is 1. The van der Waals surface area contributed by atoms with Crippen LogP contribution in [-0.2, 0) is 11.3 Å². The van der Waals surface area contributed by atoms with Gasteiger partial charge >= 0.3 is 0 Å². The number of hydrogen-bond acceptors (Lipinski definition) is 2. The van der Waals surface area contributed by atoms with E-state index >= 15 is 0 Å². The molecule has 1 aliphatic carbocycles. The number of hydrogen-bond donors (Lipinski definition) is 1. The fourth-order valence-corrected chi connectivity index (χ4v) is 2.41. The van der Waals surface area contributed by atoms with Gasteiger partial charge in [-0.3, -0.25) is 9.89 Å². The maximum atomic E-state index is 13.3. The number of rotatable bonds is 3. The summed E-state index contributed by atoms with van der Waals surface area (Å²) in [6.45, 7) is 0.400. The smallest absolute Gasteiger partial charge is 0.248 e. The molecule has 0 aliphatic heterocycles. The zero-order valence-electron chi connectivity index (χ0n) is 10.3. The van der Waals surface area contributed by atoms with Crippen molar-refractivity contribution in [1.29, 1.82) is 0 Å². The predicted molar refractivity (Wildman–Crippen MR) is 62.0 cm³/mol. The third-order valence-corrected chi connectivity index (χ3v) is 3.34. The van der Waals surface area contributed by atoms with Crippen molar-refractivity contribution in [3.63, 3.8) is 0 Å². The Balaban J connectivity index is 1.94. The maximum absolute atomic E-state index is 13.3. The Morgan fingerprint density at radius 3 is 3.06 bits per heavy atom. The number of carbonyl (C=O) groups excluding carboxylic acids is 1. The Hall–Kier alpha value is -1.46. The SMILES string of the molecule is CN(Cc1cn[nH]c1)C(=O)C1CCCC(F)(F)C1. The van der Waals surface area contributed by atoms with Gasteiger partial charge in [-0.05, 0) is 12.8 Å². The van der Waals surface area contributed by atoms with Crippen LogP contribution in [0.4, 0.5) is 8.78 Å². The van der Waals surface area contributed by atoms with Crippen molar-refractivity contribution in [2.45, 2.75) is 38.2 Å². The van der Waals surface area contributed by atoms with Gasteiger partial charge in [-0.15, -0.1) is 0 Å². The number of aromatic amines is 1. The fraction of sp³-hybridized carbons (Fsp3) is 0.667. The van der Waals surface area contributed by atoms with Crippen molar-refractivity contribution in [2.24, 2.45) is 5.92 Å². The molecule has 18 heavy (non-hydrogen) atoms. The van der Waals surface area contributed by atoms with E-state index < -0.39 is 11.8 Å². The van der Waals surface area contributed by atoms with E-state index in [0.717, 1.165) is 5.56 Å². The molecule has 6 heteroatoms. The minimum absolute atomic E-state index is 0.0950. The van der Waals surface area contributed by atoms with Crippen molar-refractivity contribution < 1.29 is 13.6 Å². The van der Waals surface area contributed by atoms with Crippen molar-refractivity contribution >= 4 is 5.91 Å². The topological polar surface area (TPSA) is 49.0 Å². The number of alkyl halides is 2. The van der Waals surface area contributed by atoms with Crippen LogP contribution >= 0.6 is 0 Å². The van der Waals surface area contributed by atoms with Crippen LogP contribution in [0.2, 0.25) is 0 Å². The first kappa shape index (κ1) is 13.0. The molecule has 1 N–H and O–H groups in total. The molecule has 0 bridgehead atoms. The highest BCUT2D eigenvalue weighted by molar-refractivity contribution is 5.78. The van der Waals surface area contributed by atoms with Gasteiger partial charge in [-0.2, -0.15) is 5.10 Å². The number of nitrogens with zero attached hydrogens (tertiary/aromatic N) is 2. The molecular formula is C12H17F2N3O. The van der Waals surface area contributed by atoms with Crippen LogP contribution in [0.15, 0.2) is 12.4 Å². The van der Waals surface area contributed by atoms with Gasteiger partial charge in [0.15, 0.2) is 0 Å². The van der Waals surface area contributed by atoms with E-state index in [9.17, 15) is 13.6 Å². The van der Waals surface area contributed by atoms with Gasteiger partial charge in [0.1, 0.15) is 0 Å². The first-order valence-electron chi connectivity index (χ1n) is 6.08. The molecule has 1 fully saturated rings. The molecule has 1 aliphatic rings. The number of halogens is 2. The number of amides is 1. The van der Waals surface area contributed by atoms with E-state index in [4.69, 9.17) is 0 Å². The molecule has 0 saturated heterocycles. The average Bonchev–Trinajstić information content (AvgIpc) is 2.79. The largest absolute Gasteiger partial charge is 0.341 e. The second-order valence-corrected chi connectivity index (χ2v) is 4.95. The molecule has 0 spiro atoms. The summed E-state index contributed by atoms with van der Waals surface area (Å²) >= 11 is 0. The van der Waals surface area contributed by atoms with E-state index in [1.807, 2.05) is 0 Å². The molecule has 2 rings (SSSR count). The molecule has 1 aromatic heterocycles.